The van der Waals surface area contributed by atoms with Crippen LogP contribution in [-0.2, 0) is 4.79 Å². The Hall–Kier alpha value is -2.37. The molecule has 0 fully saturated rings. The third-order valence-corrected chi connectivity index (χ3v) is 2.13. The van der Waals surface area contributed by atoms with Crippen LogP contribution in [0.25, 0.3) is 10.9 Å². The zero-order valence-electron chi connectivity index (χ0n) is 9.31. The summed E-state index contributed by atoms with van der Waals surface area (Å²) in [5.74, 6) is 0.0276. The van der Waals surface area contributed by atoms with Gasteiger partial charge >= 0.3 is 12.0 Å². The Kier molecular flexibility index (Phi) is 2.78. The number of fused-ring (bicyclic) bond motifs is 1. The second kappa shape index (κ2) is 4.25. The van der Waals surface area contributed by atoms with Crippen LogP contribution in [0, 0.1) is 0 Å². The van der Waals surface area contributed by atoms with Gasteiger partial charge in [0.15, 0.2) is 0 Å². The number of hydrogen-bond acceptors (Lipinski definition) is 5. The van der Waals surface area contributed by atoms with Crippen LogP contribution in [0.1, 0.15) is 6.92 Å². The molecule has 1 aromatic carbocycles. The Labute approximate surface area is 96.2 Å². The molecule has 0 bridgehead atoms. The maximum atomic E-state index is 11.7. The molecule has 0 saturated carbocycles. The summed E-state index contributed by atoms with van der Waals surface area (Å²) in [7, 11) is 1.52. The van der Waals surface area contributed by atoms with Gasteiger partial charge in [0.25, 0.3) is 5.56 Å². The van der Waals surface area contributed by atoms with Crippen molar-refractivity contribution in [1.82, 2.24) is 9.97 Å². The van der Waals surface area contributed by atoms with Crippen LogP contribution >= 0.6 is 0 Å². The van der Waals surface area contributed by atoms with E-state index in [1.54, 1.807) is 18.2 Å². The van der Waals surface area contributed by atoms with E-state index >= 15 is 0 Å². The van der Waals surface area contributed by atoms with Crippen molar-refractivity contribution in [3.63, 3.8) is 0 Å². The lowest BCUT2D eigenvalue weighted by Crippen LogP contribution is -2.13. The van der Waals surface area contributed by atoms with Gasteiger partial charge in [0.2, 0.25) is 0 Å². The lowest BCUT2D eigenvalue weighted by Gasteiger charge is -2.03. The van der Waals surface area contributed by atoms with Crippen molar-refractivity contribution in [2.24, 2.45) is 0 Å². The first-order valence-corrected chi connectivity index (χ1v) is 4.86. The van der Waals surface area contributed by atoms with Crippen molar-refractivity contribution >= 4 is 16.9 Å². The molecule has 2 rings (SSSR count). The first kappa shape index (κ1) is 11.1. The molecule has 88 valence electrons. The number of carbonyl (C=O) groups is 1. The number of ether oxygens (including phenoxy) is 2. The number of aromatic amines is 1. The number of nitrogens with zero attached hydrogens (tertiary/aromatic N) is 1. The SMILES string of the molecule is COc1ccc2c(=O)[nH]c(OC(C)=O)nc2c1. The molecule has 0 amide bonds. The van der Waals surface area contributed by atoms with Gasteiger partial charge in [0.05, 0.1) is 18.0 Å². The topological polar surface area (TPSA) is 81.3 Å². The largest absolute Gasteiger partial charge is 0.497 e. The highest BCUT2D eigenvalue weighted by Crippen LogP contribution is 2.17. The van der Waals surface area contributed by atoms with E-state index in [4.69, 9.17) is 9.47 Å². The average Bonchev–Trinajstić information content (AvgIpc) is 2.27. The zero-order valence-corrected chi connectivity index (χ0v) is 9.31. The van der Waals surface area contributed by atoms with E-state index in [9.17, 15) is 9.59 Å². The molecule has 2 aromatic rings. The van der Waals surface area contributed by atoms with Crippen molar-refractivity contribution in [3.8, 4) is 11.8 Å². The predicted molar refractivity (Wildman–Crippen MR) is 60.2 cm³/mol. The molecule has 6 nitrogen and oxygen atoms in total. The van der Waals surface area contributed by atoms with E-state index in [0.29, 0.717) is 16.7 Å². The van der Waals surface area contributed by atoms with Gasteiger partial charge in [-0.3, -0.25) is 14.6 Å². The Morgan fingerprint density at radius 2 is 2.18 bits per heavy atom. The monoisotopic (exact) mass is 234 g/mol. The third kappa shape index (κ3) is 2.25. The molecule has 6 heteroatoms. The molecule has 17 heavy (non-hydrogen) atoms. The number of methoxy groups -OCH3 is 1. The highest BCUT2D eigenvalue weighted by Gasteiger charge is 2.07. The van der Waals surface area contributed by atoms with Gasteiger partial charge < -0.3 is 9.47 Å². The molecule has 1 aromatic heterocycles. The van der Waals surface area contributed by atoms with E-state index in [-0.39, 0.29) is 11.6 Å². The summed E-state index contributed by atoms with van der Waals surface area (Å²) < 4.78 is 9.75. The highest BCUT2D eigenvalue weighted by atomic mass is 16.5. The van der Waals surface area contributed by atoms with Crippen molar-refractivity contribution < 1.29 is 14.3 Å². The standard InChI is InChI=1S/C11H10N2O4/c1-6(14)17-11-12-9-5-7(16-2)3-4-8(9)10(15)13-11/h3-5H,1-2H3,(H,12,13,15). The van der Waals surface area contributed by atoms with E-state index in [1.165, 1.54) is 14.0 Å². The quantitative estimate of drug-likeness (QED) is 0.779. The summed E-state index contributed by atoms with van der Waals surface area (Å²) in [6.45, 7) is 1.23. The fourth-order valence-corrected chi connectivity index (χ4v) is 1.41. The van der Waals surface area contributed by atoms with Crippen molar-refractivity contribution in [2.45, 2.75) is 6.92 Å². The summed E-state index contributed by atoms with van der Waals surface area (Å²) >= 11 is 0. The first-order valence-electron chi connectivity index (χ1n) is 4.86. The minimum absolute atomic E-state index is 0.122. The smallest absolute Gasteiger partial charge is 0.310 e. The molecule has 0 radical (unpaired) electrons. The van der Waals surface area contributed by atoms with Crippen LogP contribution in [0.2, 0.25) is 0 Å². The number of rotatable bonds is 2. The minimum atomic E-state index is -0.546. The number of esters is 1. The molecule has 0 spiro atoms. The molecule has 0 unspecified atom stereocenters. The second-order valence-electron chi connectivity index (χ2n) is 3.35. The number of hydrogen-bond donors (Lipinski definition) is 1. The fourth-order valence-electron chi connectivity index (χ4n) is 1.41. The van der Waals surface area contributed by atoms with Crippen LogP contribution in [0.15, 0.2) is 23.0 Å². The third-order valence-electron chi connectivity index (χ3n) is 2.13. The molecule has 1 N–H and O–H groups in total. The van der Waals surface area contributed by atoms with Crippen LogP contribution in [0.4, 0.5) is 0 Å². The second-order valence-corrected chi connectivity index (χ2v) is 3.35. The van der Waals surface area contributed by atoms with Gasteiger partial charge in [0, 0.05) is 13.0 Å². The predicted octanol–water partition coefficient (Wildman–Crippen LogP) is 0.857. The van der Waals surface area contributed by atoms with Gasteiger partial charge in [0.1, 0.15) is 5.75 Å². The number of H-pyrrole nitrogens is 1. The van der Waals surface area contributed by atoms with E-state index in [2.05, 4.69) is 9.97 Å². The summed E-state index contributed by atoms with van der Waals surface area (Å²) in [5.41, 5.74) is 0.0400. The van der Waals surface area contributed by atoms with E-state index in [0.717, 1.165) is 0 Å². The Bertz CT molecular complexity index is 633. The minimum Gasteiger partial charge on any atom is -0.497 e. The van der Waals surface area contributed by atoms with Crippen LogP contribution in [-0.4, -0.2) is 23.0 Å². The van der Waals surface area contributed by atoms with Gasteiger partial charge in [-0.1, -0.05) is 0 Å². The molecule has 0 atom stereocenters. The van der Waals surface area contributed by atoms with Crippen molar-refractivity contribution in [2.75, 3.05) is 7.11 Å². The first-order chi connectivity index (χ1) is 8.10. The van der Waals surface area contributed by atoms with Gasteiger partial charge in [-0.05, 0) is 12.1 Å². The van der Waals surface area contributed by atoms with Crippen molar-refractivity contribution in [3.05, 3.63) is 28.6 Å². The molecule has 1 heterocycles. The molecule has 0 aliphatic rings. The van der Waals surface area contributed by atoms with Crippen LogP contribution in [0.3, 0.4) is 0 Å². The van der Waals surface area contributed by atoms with E-state index < -0.39 is 5.97 Å². The fraction of sp³-hybridized carbons (Fsp3) is 0.182. The molecular weight excluding hydrogens is 224 g/mol. The van der Waals surface area contributed by atoms with Gasteiger partial charge in [-0.2, -0.15) is 4.98 Å². The van der Waals surface area contributed by atoms with E-state index in [1.807, 2.05) is 0 Å². The lowest BCUT2D eigenvalue weighted by molar-refractivity contribution is -0.132. The lowest BCUT2D eigenvalue weighted by atomic mass is 10.2. The molecular formula is C11H10N2O4. The number of carbonyl (C=O) groups excluding carboxylic acids is 1. The normalized spacial score (nSPS) is 10.2. The summed E-state index contributed by atoms with van der Waals surface area (Å²) in [4.78, 5) is 28.8. The van der Waals surface area contributed by atoms with Crippen molar-refractivity contribution in [1.29, 1.82) is 0 Å². The number of benzene rings is 1. The Morgan fingerprint density at radius 3 is 2.82 bits per heavy atom. The van der Waals surface area contributed by atoms with Gasteiger partial charge in [-0.25, -0.2) is 0 Å². The van der Waals surface area contributed by atoms with Gasteiger partial charge in [-0.15, -0.1) is 0 Å². The van der Waals surface area contributed by atoms with Crippen LogP contribution in [0.5, 0.6) is 11.8 Å². The molecule has 0 aliphatic carbocycles. The number of nitrogens with one attached hydrogen (secondary N) is 1. The summed E-state index contributed by atoms with van der Waals surface area (Å²) in [6.07, 6.45) is 0. The average molecular weight is 234 g/mol. The summed E-state index contributed by atoms with van der Waals surface area (Å²) in [6, 6.07) is 4.73. The maximum absolute atomic E-state index is 11.7. The maximum Gasteiger partial charge on any atom is 0.310 e. The Balaban J connectivity index is 2.61. The highest BCUT2D eigenvalue weighted by molar-refractivity contribution is 5.79. The molecule has 0 aliphatic heterocycles. The molecule has 0 saturated heterocycles. The summed E-state index contributed by atoms with van der Waals surface area (Å²) in [5, 5.41) is 0.404. The van der Waals surface area contributed by atoms with Crippen LogP contribution < -0.4 is 15.0 Å². The zero-order chi connectivity index (χ0) is 12.4. The Morgan fingerprint density at radius 1 is 1.41 bits per heavy atom. The number of aromatic nitrogens is 2.